The lowest BCUT2D eigenvalue weighted by atomic mass is 10.1. The lowest BCUT2D eigenvalue weighted by Crippen LogP contribution is -2.17. The largest absolute Gasteiger partial charge is 0.463 e. The minimum atomic E-state index is -0.608. The van der Waals surface area contributed by atoms with Gasteiger partial charge in [-0.05, 0) is 19.9 Å². The van der Waals surface area contributed by atoms with Crippen LogP contribution in [0.25, 0.3) is 5.69 Å². The molecule has 0 aliphatic rings. The highest BCUT2D eigenvalue weighted by Crippen LogP contribution is 2.18. The molecule has 2 aromatic rings. The van der Waals surface area contributed by atoms with E-state index in [2.05, 4.69) is 19.8 Å². The lowest BCUT2D eigenvalue weighted by Gasteiger charge is -2.11. The fourth-order valence-electron chi connectivity index (χ4n) is 1.86. The molecule has 0 radical (unpaired) electrons. The van der Waals surface area contributed by atoms with Gasteiger partial charge < -0.3 is 10.5 Å². The molecule has 0 amide bonds. The number of nitrogens with two attached hydrogens (primary N) is 1. The van der Waals surface area contributed by atoms with Crippen LogP contribution in [0.1, 0.15) is 27.6 Å². The second kappa shape index (κ2) is 5.33. The number of hydrogen-bond acceptors (Lipinski definition) is 6. The molecule has 8 heteroatoms. The van der Waals surface area contributed by atoms with Crippen LogP contribution in [0.2, 0.25) is 0 Å². The number of aryl methyl sites for hydroxylation is 2. The molecule has 0 atom stereocenters. The van der Waals surface area contributed by atoms with E-state index >= 15 is 0 Å². The molecule has 0 saturated heterocycles. The molecule has 2 aromatic heterocycles. The lowest BCUT2D eigenvalue weighted by molar-refractivity contribution is 0.0587. The molecule has 104 valence electrons. The van der Waals surface area contributed by atoms with Crippen molar-refractivity contribution >= 4 is 23.2 Å². The molecule has 0 fully saturated rings. The zero-order valence-corrected chi connectivity index (χ0v) is 12.1. The number of hydrogen-bond donors (Lipinski definition) is 1. The monoisotopic (exact) mass is 291 g/mol. The van der Waals surface area contributed by atoms with Crippen molar-refractivity contribution in [2.75, 3.05) is 7.11 Å². The first-order chi connectivity index (χ1) is 9.43. The zero-order valence-electron chi connectivity index (χ0n) is 11.2. The normalized spacial score (nSPS) is 10.3. The van der Waals surface area contributed by atoms with Gasteiger partial charge in [0.25, 0.3) is 5.82 Å². The maximum atomic E-state index is 11.4. The summed E-state index contributed by atoms with van der Waals surface area (Å²) in [6.07, 6.45) is 1.40. The SMILES string of the molecule is COC(=O)c1ncn(-c2cc(C)nc(C)c2C(N)=S)n1. The zero-order chi connectivity index (χ0) is 14.9. The molecule has 0 aromatic carbocycles. The first-order valence-electron chi connectivity index (χ1n) is 5.72. The Morgan fingerprint density at radius 2 is 2.15 bits per heavy atom. The Kier molecular flexibility index (Phi) is 3.75. The van der Waals surface area contributed by atoms with Crippen molar-refractivity contribution in [3.05, 3.63) is 35.2 Å². The van der Waals surface area contributed by atoms with Gasteiger partial charge in [0.05, 0.1) is 18.4 Å². The van der Waals surface area contributed by atoms with E-state index in [4.69, 9.17) is 18.0 Å². The highest BCUT2D eigenvalue weighted by Gasteiger charge is 2.17. The fraction of sp³-hybridized carbons (Fsp3) is 0.250. The standard InChI is InChI=1S/C12H13N5O2S/c1-6-4-8(9(10(13)20)7(2)15-6)17-5-14-11(16-17)12(18)19-3/h4-5H,1-3H3,(H2,13,20). The van der Waals surface area contributed by atoms with E-state index in [1.54, 1.807) is 6.07 Å². The number of pyridine rings is 1. The third-order valence-electron chi connectivity index (χ3n) is 2.66. The molecular formula is C12H13N5O2S. The van der Waals surface area contributed by atoms with Gasteiger partial charge in [0.1, 0.15) is 11.3 Å². The number of esters is 1. The maximum absolute atomic E-state index is 11.4. The summed E-state index contributed by atoms with van der Waals surface area (Å²) in [5.41, 5.74) is 8.45. The molecule has 2 heterocycles. The van der Waals surface area contributed by atoms with Crippen LogP contribution < -0.4 is 5.73 Å². The summed E-state index contributed by atoms with van der Waals surface area (Å²) >= 11 is 5.05. The molecule has 0 bridgehead atoms. The van der Waals surface area contributed by atoms with Crippen LogP contribution in [-0.4, -0.2) is 37.8 Å². The van der Waals surface area contributed by atoms with Crippen LogP contribution >= 0.6 is 12.2 Å². The number of carbonyl (C=O) groups is 1. The van der Waals surface area contributed by atoms with E-state index in [0.717, 1.165) is 5.69 Å². The molecule has 2 N–H and O–H groups in total. The summed E-state index contributed by atoms with van der Waals surface area (Å²) in [6.45, 7) is 3.65. The van der Waals surface area contributed by atoms with Crippen LogP contribution in [0.3, 0.4) is 0 Å². The molecule has 2 rings (SSSR count). The van der Waals surface area contributed by atoms with Gasteiger partial charge in [0.2, 0.25) is 0 Å². The Hall–Kier alpha value is -2.35. The molecule has 0 saturated carbocycles. The quantitative estimate of drug-likeness (QED) is 0.656. The summed E-state index contributed by atoms with van der Waals surface area (Å²) in [5, 5.41) is 4.06. The van der Waals surface area contributed by atoms with Crippen molar-refractivity contribution in [2.24, 2.45) is 5.73 Å². The third kappa shape index (κ3) is 2.50. The van der Waals surface area contributed by atoms with Gasteiger partial charge in [0.15, 0.2) is 0 Å². The molecular weight excluding hydrogens is 278 g/mol. The molecule has 7 nitrogen and oxygen atoms in total. The van der Waals surface area contributed by atoms with Crippen molar-refractivity contribution in [3.8, 4) is 5.69 Å². The number of rotatable bonds is 3. The van der Waals surface area contributed by atoms with Crippen molar-refractivity contribution in [3.63, 3.8) is 0 Å². The number of methoxy groups -OCH3 is 1. The predicted octanol–water partition coefficient (Wildman–Crippen LogP) is 0.700. The number of thiocarbonyl (C=S) groups is 1. The topological polar surface area (TPSA) is 95.9 Å². The Labute approximate surface area is 120 Å². The van der Waals surface area contributed by atoms with Crippen LogP contribution in [0, 0.1) is 13.8 Å². The number of nitrogens with zero attached hydrogens (tertiary/aromatic N) is 4. The van der Waals surface area contributed by atoms with Crippen molar-refractivity contribution in [1.29, 1.82) is 0 Å². The predicted molar refractivity (Wildman–Crippen MR) is 75.9 cm³/mol. The summed E-state index contributed by atoms with van der Waals surface area (Å²) in [6, 6.07) is 1.78. The van der Waals surface area contributed by atoms with E-state index in [1.165, 1.54) is 18.1 Å². The molecule has 0 aliphatic heterocycles. The molecule has 0 aliphatic carbocycles. The van der Waals surface area contributed by atoms with Gasteiger partial charge in [0, 0.05) is 11.4 Å². The minimum absolute atomic E-state index is 0.0338. The van der Waals surface area contributed by atoms with E-state index in [9.17, 15) is 4.79 Å². The van der Waals surface area contributed by atoms with Crippen molar-refractivity contribution < 1.29 is 9.53 Å². The summed E-state index contributed by atoms with van der Waals surface area (Å²) in [4.78, 5) is 19.8. The van der Waals surface area contributed by atoms with Gasteiger partial charge in [-0.15, -0.1) is 5.10 Å². The first kappa shape index (κ1) is 14.1. The van der Waals surface area contributed by atoms with E-state index < -0.39 is 5.97 Å². The average Bonchev–Trinajstić information content (AvgIpc) is 2.85. The smallest absolute Gasteiger partial charge is 0.377 e. The third-order valence-corrected chi connectivity index (χ3v) is 2.86. The molecule has 0 spiro atoms. The summed E-state index contributed by atoms with van der Waals surface area (Å²) in [7, 11) is 1.27. The number of ether oxygens (including phenoxy) is 1. The average molecular weight is 291 g/mol. The molecule has 20 heavy (non-hydrogen) atoms. The maximum Gasteiger partial charge on any atom is 0.377 e. The summed E-state index contributed by atoms with van der Waals surface area (Å²) in [5.74, 6) is -0.642. The second-order valence-corrected chi connectivity index (χ2v) is 4.55. The van der Waals surface area contributed by atoms with Gasteiger partial charge in [-0.1, -0.05) is 12.2 Å². The van der Waals surface area contributed by atoms with Crippen LogP contribution in [0.4, 0.5) is 0 Å². The van der Waals surface area contributed by atoms with Gasteiger partial charge in [-0.2, -0.15) is 0 Å². The van der Waals surface area contributed by atoms with Crippen LogP contribution in [-0.2, 0) is 4.74 Å². The Morgan fingerprint density at radius 3 is 2.75 bits per heavy atom. The van der Waals surface area contributed by atoms with Crippen molar-refractivity contribution in [1.82, 2.24) is 19.7 Å². The van der Waals surface area contributed by atoms with Gasteiger partial charge in [-0.25, -0.2) is 14.5 Å². The van der Waals surface area contributed by atoms with Crippen molar-refractivity contribution in [2.45, 2.75) is 13.8 Å². The van der Waals surface area contributed by atoms with E-state index in [0.29, 0.717) is 16.9 Å². The molecule has 0 unspecified atom stereocenters. The van der Waals surface area contributed by atoms with E-state index in [-0.39, 0.29) is 10.8 Å². The summed E-state index contributed by atoms with van der Waals surface area (Å²) < 4.78 is 6.00. The van der Waals surface area contributed by atoms with Gasteiger partial charge >= 0.3 is 5.97 Å². The Morgan fingerprint density at radius 1 is 1.45 bits per heavy atom. The van der Waals surface area contributed by atoms with E-state index in [1.807, 2.05) is 13.8 Å². The highest BCUT2D eigenvalue weighted by atomic mass is 32.1. The van der Waals surface area contributed by atoms with Crippen LogP contribution in [0.15, 0.2) is 12.4 Å². The second-order valence-electron chi connectivity index (χ2n) is 4.11. The highest BCUT2D eigenvalue weighted by molar-refractivity contribution is 7.80. The van der Waals surface area contributed by atoms with Gasteiger partial charge in [-0.3, -0.25) is 4.98 Å². The Balaban J connectivity index is 2.60. The minimum Gasteiger partial charge on any atom is -0.463 e. The first-order valence-corrected chi connectivity index (χ1v) is 6.13. The number of aromatic nitrogens is 4. The Bertz CT molecular complexity index is 695. The number of carbonyl (C=O) groups excluding carboxylic acids is 1. The fourth-order valence-corrected chi connectivity index (χ4v) is 2.11. The van der Waals surface area contributed by atoms with Crippen LogP contribution in [0.5, 0.6) is 0 Å².